The zero-order valence-corrected chi connectivity index (χ0v) is 17.1. The van der Waals surface area contributed by atoms with Gasteiger partial charge in [-0.25, -0.2) is 9.80 Å². The number of hydrogen-bond donors (Lipinski definition) is 1. The summed E-state index contributed by atoms with van der Waals surface area (Å²) in [7, 11) is 0. The lowest BCUT2D eigenvalue weighted by Crippen LogP contribution is -2.35. The fourth-order valence-electron chi connectivity index (χ4n) is 2.55. The van der Waals surface area contributed by atoms with E-state index in [1.54, 1.807) is 49.4 Å². The Balaban J connectivity index is 1.76. The van der Waals surface area contributed by atoms with E-state index < -0.39 is 17.8 Å². The maximum absolute atomic E-state index is 12.6. The zero-order chi connectivity index (χ0) is 20.1. The molecule has 3 rings (SSSR count). The molecule has 0 radical (unpaired) electrons. The summed E-state index contributed by atoms with van der Waals surface area (Å²) in [5.74, 6) is -0.817. The highest BCUT2D eigenvalue weighted by Crippen LogP contribution is 2.25. The van der Waals surface area contributed by atoms with E-state index in [0.717, 1.165) is 3.57 Å². The van der Waals surface area contributed by atoms with Gasteiger partial charge in [0, 0.05) is 0 Å². The molecule has 0 spiro atoms. The molecule has 8 heteroatoms. The summed E-state index contributed by atoms with van der Waals surface area (Å²) >= 11 is 2.06. The number of amides is 2. The molecule has 1 aliphatic rings. The van der Waals surface area contributed by atoms with E-state index in [9.17, 15) is 14.4 Å². The summed E-state index contributed by atoms with van der Waals surface area (Å²) in [5, 5.41) is 1.22. The number of halogens is 1. The number of anilines is 1. The SMILES string of the molecule is CCOC(=O)COc1ccc(C=C2C(=O)NN(c3ccccc3)C2=O)cc1I. The number of esters is 1. The van der Waals surface area contributed by atoms with Crippen LogP contribution >= 0.6 is 22.6 Å². The Labute approximate surface area is 175 Å². The third-order valence-corrected chi connectivity index (χ3v) is 4.67. The minimum atomic E-state index is -0.466. The van der Waals surface area contributed by atoms with E-state index in [4.69, 9.17) is 9.47 Å². The Morgan fingerprint density at radius 2 is 1.93 bits per heavy atom. The molecule has 0 aromatic heterocycles. The fourth-order valence-corrected chi connectivity index (χ4v) is 3.24. The van der Waals surface area contributed by atoms with Gasteiger partial charge in [0.1, 0.15) is 11.3 Å². The van der Waals surface area contributed by atoms with Crippen molar-refractivity contribution in [3.63, 3.8) is 0 Å². The van der Waals surface area contributed by atoms with Crippen LogP contribution in [0.3, 0.4) is 0 Å². The maximum Gasteiger partial charge on any atom is 0.344 e. The molecule has 0 bridgehead atoms. The third kappa shape index (κ3) is 4.50. The number of ether oxygens (including phenoxy) is 2. The lowest BCUT2D eigenvalue weighted by Gasteiger charge is -2.13. The second-order valence-corrected chi connectivity index (χ2v) is 6.92. The van der Waals surface area contributed by atoms with Crippen molar-refractivity contribution >= 4 is 52.1 Å². The van der Waals surface area contributed by atoms with Crippen molar-refractivity contribution < 1.29 is 23.9 Å². The Bertz CT molecular complexity index is 943. The molecule has 0 atom stereocenters. The van der Waals surface area contributed by atoms with Crippen molar-refractivity contribution in [1.82, 2.24) is 5.43 Å². The molecule has 0 aliphatic carbocycles. The predicted molar refractivity (Wildman–Crippen MR) is 111 cm³/mol. The average molecular weight is 492 g/mol. The summed E-state index contributed by atoms with van der Waals surface area (Å²) in [5.41, 5.74) is 3.85. The Hall–Kier alpha value is -2.88. The van der Waals surface area contributed by atoms with E-state index in [2.05, 4.69) is 28.0 Å². The lowest BCUT2D eigenvalue weighted by molar-refractivity contribution is -0.145. The molecule has 0 unspecified atom stereocenters. The van der Waals surface area contributed by atoms with E-state index in [1.807, 2.05) is 6.07 Å². The van der Waals surface area contributed by atoms with Crippen molar-refractivity contribution in [3.8, 4) is 5.75 Å². The van der Waals surface area contributed by atoms with Gasteiger partial charge in [0.25, 0.3) is 11.8 Å². The van der Waals surface area contributed by atoms with Crippen LogP contribution in [0.1, 0.15) is 12.5 Å². The number of carbonyl (C=O) groups excluding carboxylic acids is 3. The second-order valence-electron chi connectivity index (χ2n) is 5.76. The summed E-state index contributed by atoms with van der Waals surface area (Å²) in [6, 6.07) is 14.0. The minimum Gasteiger partial charge on any atom is -0.481 e. The van der Waals surface area contributed by atoms with E-state index >= 15 is 0 Å². The second kappa shape index (κ2) is 8.87. The number of para-hydroxylation sites is 1. The quantitative estimate of drug-likeness (QED) is 0.290. The van der Waals surface area contributed by atoms with Crippen LogP contribution in [-0.4, -0.2) is 31.0 Å². The molecule has 1 heterocycles. The molecule has 7 nitrogen and oxygen atoms in total. The van der Waals surface area contributed by atoms with Gasteiger partial charge >= 0.3 is 5.97 Å². The van der Waals surface area contributed by atoms with Gasteiger partial charge in [-0.05, 0) is 65.4 Å². The first-order chi connectivity index (χ1) is 13.5. The Morgan fingerprint density at radius 1 is 1.18 bits per heavy atom. The van der Waals surface area contributed by atoms with Crippen LogP contribution in [0.5, 0.6) is 5.75 Å². The van der Waals surface area contributed by atoms with Crippen molar-refractivity contribution in [2.45, 2.75) is 6.92 Å². The van der Waals surface area contributed by atoms with Gasteiger partial charge in [-0.2, -0.15) is 0 Å². The molecule has 28 heavy (non-hydrogen) atoms. The Morgan fingerprint density at radius 3 is 2.61 bits per heavy atom. The van der Waals surface area contributed by atoms with Gasteiger partial charge in [-0.15, -0.1) is 0 Å². The normalized spacial score (nSPS) is 14.9. The van der Waals surface area contributed by atoms with Crippen LogP contribution in [-0.2, 0) is 19.1 Å². The van der Waals surface area contributed by atoms with E-state index in [-0.39, 0.29) is 12.2 Å². The van der Waals surface area contributed by atoms with Crippen LogP contribution in [0.15, 0.2) is 54.1 Å². The summed E-state index contributed by atoms with van der Waals surface area (Å²) in [4.78, 5) is 36.3. The standard InChI is InChI=1S/C20H17IN2O5/c1-2-27-18(24)12-28-17-9-8-13(11-16(17)21)10-15-19(25)22-23(20(15)26)14-6-4-3-5-7-14/h3-11H,2,12H2,1H3,(H,22,25). The van der Waals surface area contributed by atoms with E-state index in [0.29, 0.717) is 23.6 Å². The van der Waals surface area contributed by atoms with Crippen molar-refractivity contribution in [3.05, 3.63) is 63.2 Å². The predicted octanol–water partition coefficient (Wildman–Crippen LogP) is 2.69. The number of nitrogens with one attached hydrogen (secondary N) is 1. The molecular weight excluding hydrogens is 475 g/mol. The molecular formula is C20H17IN2O5. The lowest BCUT2D eigenvalue weighted by atomic mass is 10.1. The minimum absolute atomic E-state index is 0.0415. The first-order valence-electron chi connectivity index (χ1n) is 8.49. The van der Waals surface area contributed by atoms with E-state index in [1.165, 1.54) is 11.1 Å². The van der Waals surface area contributed by atoms with Gasteiger partial charge in [0.05, 0.1) is 15.9 Å². The molecule has 2 aromatic rings. The van der Waals surface area contributed by atoms with Gasteiger partial charge in [-0.3, -0.25) is 15.0 Å². The van der Waals surface area contributed by atoms with Gasteiger partial charge in [0.15, 0.2) is 6.61 Å². The zero-order valence-electron chi connectivity index (χ0n) is 15.0. The van der Waals surface area contributed by atoms with Gasteiger partial charge in [-0.1, -0.05) is 24.3 Å². The molecule has 0 saturated carbocycles. The highest BCUT2D eigenvalue weighted by molar-refractivity contribution is 14.1. The van der Waals surface area contributed by atoms with Crippen LogP contribution in [0.25, 0.3) is 6.08 Å². The molecule has 2 aromatic carbocycles. The largest absolute Gasteiger partial charge is 0.481 e. The highest BCUT2D eigenvalue weighted by Gasteiger charge is 2.34. The summed E-state index contributed by atoms with van der Waals surface area (Å²) < 4.78 is 11.0. The smallest absolute Gasteiger partial charge is 0.344 e. The number of carbonyl (C=O) groups is 3. The topological polar surface area (TPSA) is 84.9 Å². The van der Waals surface area contributed by atoms with Crippen LogP contribution < -0.4 is 15.2 Å². The number of nitrogens with zero attached hydrogens (tertiary/aromatic N) is 1. The molecule has 2 amide bonds. The molecule has 1 N–H and O–H groups in total. The van der Waals surface area contributed by atoms with Gasteiger partial charge in [0.2, 0.25) is 0 Å². The average Bonchev–Trinajstić information content (AvgIpc) is 2.96. The molecule has 144 valence electrons. The monoisotopic (exact) mass is 492 g/mol. The summed E-state index contributed by atoms with van der Waals surface area (Å²) in [6.07, 6.45) is 1.53. The van der Waals surface area contributed by atoms with Crippen LogP contribution in [0, 0.1) is 3.57 Å². The number of hydrogen-bond acceptors (Lipinski definition) is 5. The number of hydrazine groups is 1. The maximum atomic E-state index is 12.6. The molecule has 1 fully saturated rings. The fraction of sp³-hybridized carbons (Fsp3) is 0.150. The number of rotatable bonds is 6. The van der Waals surface area contributed by atoms with Crippen LogP contribution in [0.2, 0.25) is 0 Å². The Kier molecular flexibility index (Phi) is 6.30. The summed E-state index contributed by atoms with van der Waals surface area (Å²) in [6.45, 7) is 1.84. The number of benzene rings is 2. The van der Waals surface area contributed by atoms with Crippen LogP contribution in [0.4, 0.5) is 5.69 Å². The first kappa shape index (κ1) is 19.9. The highest BCUT2D eigenvalue weighted by atomic mass is 127. The van der Waals surface area contributed by atoms with Crippen molar-refractivity contribution in [2.24, 2.45) is 0 Å². The van der Waals surface area contributed by atoms with Crippen molar-refractivity contribution in [1.29, 1.82) is 0 Å². The molecule has 1 aliphatic heterocycles. The first-order valence-corrected chi connectivity index (χ1v) is 9.57. The van der Waals surface area contributed by atoms with Crippen molar-refractivity contribution in [2.75, 3.05) is 18.2 Å². The molecule has 1 saturated heterocycles. The third-order valence-electron chi connectivity index (χ3n) is 3.82. The van der Waals surface area contributed by atoms with Gasteiger partial charge < -0.3 is 9.47 Å².